The molecule has 0 saturated heterocycles. The number of hydrogen-bond donors (Lipinski definition) is 0. The molecular formula is C21H23ClN4O4. The Morgan fingerprint density at radius 3 is 2.97 bits per heavy atom. The number of methoxy groups -OCH3 is 1. The zero-order chi connectivity index (χ0) is 21.1. The summed E-state index contributed by atoms with van der Waals surface area (Å²) in [6.07, 6.45) is 3.63. The number of halogens is 1. The first-order chi connectivity index (χ1) is 14.6. The third-order valence-corrected chi connectivity index (χ3v) is 5.37. The van der Waals surface area contributed by atoms with Gasteiger partial charge in [-0.15, -0.1) is 0 Å². The van der Waals surface area contributed by atoms with Gasteiger partial charge >= 0.3 is 0 Å². The number of aromatic nitrogens is 3. The van der Waals surface area contributed by atoms with Crippen LogP contribution in [0.5, 0.6) is 5.75 Å². The fraction of sp³-hybridized carbons (Fsp3) is 0.381. The van der Waals surface area contributed by atoms with Crippen molar-refractivity contribution in [3.63, 3.8) is 0 Å². The quantitative estimate of drug-likeness (QED) is 0.534. The number of nitrogens with zero attached hydrogens (tertiary/aromatic N) is 4. The van der Waals surface area contributed by atoms with E-state index in [2.05, 4.69) is 4.98 Å². The second-order valence-electron chi connectivity index (χ2n) is 6.89. The van der Waals surface area contributed by atoms with Crippen LogP contribution < -0.4 is 4.74 Å². The molecule has 2 aromatic heterocycles. The topological polar surface area (TPSA) is 82.6 Å². The summed E-state index contributed by atoms with van der Waals surface area (Å²) in [6, 6.07) is 5.05. The van der Waals surface area contributed by atoms with Crippen molar-refractivity contribution in [1.82, 2.24) is 19.7 Å². The van der Waals surface area contributed by atoms with E-state index in [9.17, 15) is 4.79 Å². The first-order valence-corrected chi connectivity index (χ1v) is 10.2. The molecule has 8 nitrogen and oxygen atoms in total. The molecule has 0 bridgehead atoms. The monoisotopic (exact) mass is 430 g/mol. The molecule has 1 aromatic carbocycles. The third kappa shape index (κ3) is 3.93. The molecule has 158 valence electrons. The van der Waals surface area contributed by atoms with E-state index >= 15 is 0 Å². The predicted molar refractivity (Wildman–Crippen MR) is 111 cm³/mol. The van der Waals surface area contributed by atoms with Crippen molar-refractivity contribution in [3.8, 4) is 17.1 Å². The molecule has 4 rings (SSSR count). The lowest BCUT2D eigenvalue weighted by molar-refractivity contribution is 0.0729. The Labute approximate surface area is 179 Å². The molecule has 0 unspecified atom stereocenters. The molecule has 0 atom stereocenters. The number of ether oxygens (including phenoxy) is 2. The number of carbonyl (C=O) groups excluding carboxylic acids is 1. The van der Waals surface area contributed by atoms with Crippen LogP contribution in [0.1, 0.15) is 28.5 Å². The van der Waals surface area contributed by atoms with Gasteiger partial charge in [-0.05, 0) is 25.1 Å². The highest BCUT2D eigenvalue weighted by Crippen LogP contribution is 2.31. The second kappa shape index (κ2) is 8.89. The van der Waals surface area contributed by atoms with Gasteiger partial charge in [0.15, 0.2) is 6.39 Å². The van der Waals surface area contributed by atoms with Crippen LogP contribution in [0.15, 0.2) is 35.3 Å². The van der Waals surface area contributed by atoms with Gasteiger partial charge in [0.25, 0.3) is 5.91 Å². The van der Waals surface area contributed by atoms with Crippen LogP contribution in [0.2, 0.25) is 5.02 Å². The van der Waals surface area contributed by atoms with Gasteiger partial charge in [0.1, 0.15) is 23.4 Å². The normalized spacial score (nSPS) is 13.4. The van der Waals surface area contributed by atoms with Gasteiger partial charge in [-0.1, -0.05) is 11.6 Å². The highest BCUT2D eigenvalue weighted by Gasteiger charge is 2.30. The molecule has 1 aliphatic heterocycles. The van der Waals surface area contributed by atoms with E-state index in [0.717, 1.165) is 17.0 Å². The van der Waals surface area contributed by atoms with Crippen LogP contribution in [0.3, 0.4) is 0 Å². The average Bonchev–Trinajstić information content (AvgIpc) is 3.41. The van der Waals surface area contributed by atoms with Gasteiger partial charge in [0.2, 0.25) is 0 Å². The number of hydrogen-bond acceptors (Lipinski definition) is 6. The summed E-state index contributed by atoms with van der Waals surface area (Å²) in [5, 5.41) is 5.24. The second-order valence-corrected chi connectivity index (χ2v) is 7.33. The predicted octanol–water partition coefficient (Wildman–Crippen LogP) is 3.44. The molecule has 9 heteroatoms. The van der Waals surface area contributed by atoms with Crippen molar-refractivity contribution in [3.05, 3.63) is 52.7 Å². The molecule has 3 heterocycles. The minimum atomic E-state index is -0.131. The molecule has 3 aromatic rings. The van der Waals surface area contributed by atoms with Crippen LogP contribution in [0.4, 0.5) is 0 Å². The van der Waals surface area contributed by atoms with Crippen molar-refractivity contribution in [2.45, 2.75) is 26.4 Å². The molecule has 0 radical (unpaired) electrons. The average molecular weight is 431 g/mol. The molecule has 0 N–H and O–H groups in total. The summed E-state index contributed by atoms with van der Waals surface area (Å²) in [4.78, 5) is 19.3. The number of fused-ring (bicyclic) bond motifs is 1. The number of amides is 1. The lowest BCUT2D eigenvalue weighted by atomic mass is 10.0. The minimum absolute atomic E-state index is 0.131. The molecule has 1 aliphatic rings. The molecule has 0 saturated carbocycles. The fourth-order valence-corrected chi connectivity index (χ4v) is 3.87. The van der Waals surface area contributed by atoms with E-state index in [-0.39, 0.29) is 5.91 Å². The molecule has 1 amide bonds. The maximum atomic E-state index is 13.3. The Morgan fingerprint density at radius 1 is 1.37 bits per heavy atom. The lowest BCUT2D eigenvalue weighted by Gasteiger charge is -2.28. The van der Waals surface area contributed by atoms with E-state index in [1.54, 1.807) is 36.5 Å². The summed E-state index contributed by atoms with van der Waals surface area (Å²) in [7, 11) is 1.54. The molecule has 30 heavy (non-hydrogen) atoms. The van der Waals surface area contributed by atoms with Crippen LogP contribution in [0, 0.1) is 0 Å². The SMILES string of the molecule is CCOCCn1nc(-c2cocn2)c2c1CCN(C(=O)c1cc(Cl)ccc1OC)C2. The van der Waals surface area contributed by atoms with Crippen LogP contribution in [0.25, 0.3) is 11.4 Å². The smallest absolute Gasteiger partial charge is 0.257 e. The van der Waals surface area contributed by atoms with E-state index in [1.807, 2.05) is 11.6 Å². The number of rotatable bonds is 7. The zero-order valence-corrected chi connectivity index (χ0v) is 17.7. The fourth-order valence-electron chi connectivity index (χ4n) is 3.70. The maximum absolute atomic E-state index is 13.3. The Kier molecular flexibility index (Phi) is 6.06. The Bertz CT molecular complexity index is 1030. The minimum Gasteiger partial charge on any atom is -0.496 e. The van der Waals surface area contributed by atoms with Crippen molar-refractivity contribution < 1.29 is 18.7 Å². The summed E-state index contributed by atoms with van der Waals surface area (Å²) in [5.41, 5.74) is 3.89. The standard InChI is InChI=1S/C21H23ClN4O4/c1-3-29-9-8-26-18-6-7-25(11-16(18)20(24-26)17-12-30-13-23-17)21(27)15-10-14(22)4-5-19(15)28-2/h4-5,10,12-13H,3,6-9,11H2,1-2H3. The van der Waals surface area contributed by atoms with Gasteiger partial charge in [0, 0.05) is 35.9 Å². The molecule has 0 aliphatic carbocycles. The van der Waals surface area contributed by atoms with Gasteiger partial charge in [-0.3, -0.25) is 9.48 Å². The van der Waals surface area contributed by atoms with Crippen LogP contribution >= 0.6 is 11.6 Å². The first kappa shape index (κ1) is 20.4. The van der Waals surface area contributed by atoms with Gasteiger partial charge in [-0.25, -0.2) is 4.98 Å². The van der Waals surface area contributed by atoms with Crippen molar-refractivity contribution in [1.29, 1.82) is 0 Å². The molecule has 0 fully saturated rings. The summed E-state index contributed by atoms with van der Waals surface area (Å²) in [5.74, 6) is 0.368. The van der Waals surface area contributed by atoms with Crippen molar-refractivity contribution >= 4 is 17.5 Å². The van der Waals surface area contributed by atoms with Crippen LogP contribution in [-0.4, -0.2) is 52.4 Å². The summed E-state index contributed by atoms with van der Waals surface area (Å²) < 4.78 is 18.0. The Balaban J connectivity index is 1.66. The number of carbonyl (C=O) groups is 1. The lowest BCUT2D eigenvalue weighted by Crippen LogP contribution is -2.36. The van der Waals surface area contributed by atoms with Gasteiger partial charge in [-0.2, -0.15) is 5.10 Å². The third-order valence-electron chi connectivity index (χ3n) is 5.14. The van der Waals surface area contributed by atoms with E-state index in [0.29, 0.717) is 61.3 Å². The van der Waals surface area contributed by atoms with Crippen molar-refractivity contribution in [2.24, 2.45) is 0 Å². The first-order valence-electron chi connectivity index (χ1n) is 9.80. The molecule has 0 spiro atoms. The van der Waals surface area contributed by atoms with E-state index in [1.165, 1.54) is 6.39 Å². The zero-order valence-electron chi connectivity index (χ0n) is 16.9. The van der Waals surface area contributed by atoms with Crippen LogP contribution in [-0.2, 0) is 24.2 Å². The largest absolute Gasteiger partial charge is 0.496 e. The molecular weight excluding hydrogens is 408 g/mol. The Hall–Kier alpha value is -2.84. The van der Waals surface area contributed by atoms with Crippen molar-refractivity contribution in [2.75, 3.05) is 26.9 Å². The van der Waals surface area contributed by atoms with E-state index in [4.69, 9.17) is 30.6 Å². The van der Waals surface area contributed by atoms with Gasteiger partial charge < -0.3 is 18.8 Å². The van der Waals surface area contributed by atoms with E-state index < -0.39 is 0 Å². The highest BCUT2D eigenvalue weighted by molar-refractivity contribution is 6.31. The summed E-state index contributed by atoms with van der Waals surface area (Å²) >= 11 is 6.12. The van der Waals surface area contributed by atoms with Gasteiger partial charge in [0.05, 0.1) is 32.4 Å². The highest BCUT2D eigenvalue weighted by atomic mass is 35.5. The number of benzene rings is 1. The maximum Gasteiger partial charge on any atom is 0.257 e. The summed E-state index contributed by atoms with van der Waals surface area (Å²) in [6.45, 7) is 4.83. The number of oxazole rings is 1. The Morgan fingerprint density at radius 2 is 2.23 bits per heavy atom.